The number of likely N-dealkylation sites (tertiary alicyclic amines) is 1. The van der Waals surface area contributed by atoms with Crippen molar-refractivity contribution in [3.63, 3.8) is 0 Å². The van der Waals surface area contributed by atoms with Gasteiger partial charge in [0.1, 0.15) is 0 Å². The minimum absolute atomic E-state index is 0.0777. The van der Waals surface area contributed by atoms with Crippen LogP contribution in [0, 0.1) is 11.8 Å². The van der Waals surface area contributed by atoms with Gasteiger partial charge in [-0.1, -0.05) is 12.2 Å². The Morgan fingerprint density at radius 3 is 2.19 bits per heavy atom. The predicted molar refractivity (Wildman–Crippen MR) is 94.1 cm³/mol. The van der Waals surface area contributed by atoms with Crippen molar-refractivity contribution < 1.29 is 28.7 Å². The fourth-order valence-electron chi connectivity index (χ4n) is 3.11. The van der Waals surface area contributed by atoms with E-state index < -0.39 is 24.0 Å². The molecule has 1 heterocycles. The topological polar surface area (TPSA) is 122 Å². The van der Waals surface area contributed by atoms with Gasteiger partial charge in [-0.25, -0.2) is 4.79 Å². The number of esters is 1. The van der Waals surface area contributed by atoms with Crippen LogP contribution in [0.1, 0.15) is 40.0 Å². The molecule has 0 aromatic rings. The number of imide groups is 2. The molecule has 1 aliphatic heterocycles. The molecule has 0 saturated carbocycles. The average molecular weight is 379 g/mol. The van der Waals surface area contributed by atoms with Gasteiger partial charge < -0.3 is 10.1 Å². The average Bonchev–Trinajstić information content (AvgIpc) is 2.83. The van der Waals surface area contributed by atoms with Crippen molar-refractivity contribution in [3.05, 3.63) is 12.2 Å². The van der Waals surface area contributed by atoms with Crippen LogP contribution < -0.4 is 10.6 Å². The highest BCUT2D eigenvalue weighted by atomic mass is 16.5. The number of fused-ring (bicyclic) bond motifs is 1. The van der Waals surface area contributed by atoms with Gasteiger partial charge in [0, 0.05) is 12.6 Å². The van der Waals surface area contributed by atoms with E-state index in [4.69, 9.17) is 4.74 Å². The van der Waals surface area contributed by atoms with Gasteiger partial charge >= 0.3 is 12.0 Å². The van der Waals surface area contributed by atoms with Crippen LogP contribution in [0.3, 0.4) is 0 Å². The molecule has 0 radical (unpaired) electrons. The van der Waals surface area contributed by atoms with Crippen molar-refractivity contribution in [2.75, 3.05) is 6.54 Å². The maximum atomic E-state index is 12.3. The highest BCUT2D eigenvalue weighted by Crippen LogP contribution is 2.34. The molecule has 2 rings (SSSR count). The van der Waals surface area contributed by atoms with Crippen molar-refractivity contribution in [2.45, 2.75) is 52.2 Å². The molecule has 148 valence electrons. The Hall–Kier alpha value is -2.71. The van der Waals surface area contributed by atoms with Crippen molar-refractivity contribution in [1.82, 2.24) is 15.5 Å². The number of carbonyl (C=O) groups excluding carboxylic acids is 5. The van der Waals surface area contributed by atoms with Crippen molar-refractivity contribution in [2.24, 2.45) is 11.8 Å². The first-order valence-corrected chi connectivity index (χ1v) is 9.01. The van der Waals surface area contributed by atoms with Gasteiger partial charge in [0.2, 0.25) is 11.8 Å². The van der Waals surface area contributed by atoms with E-state index in [1.165, 1.54) is 6.92 Å². The summed E-state index contributed by atoms with van der Waals surface area (Å²) >= 11 is 0. The van der Waals surface area contributed by atoms with Crippen LogP contribution in [-0.2, 0) is 23.9 Å². The molecule has 5 amide bonds. The summed E-state index contributed by atoms with van der Waals surface area (Å²) in [6.07, 6.45) is 3.46. The van der Waals surface area contributed by atoms with Gasteiger partial charge in [-0.3, -0.25) is 29.4 Å². The highest BCUT2D eigenvalue weighted by Gasteiger charge is 2.47. The van der Waals surface area contributed by atoms with Crippen LogP contribution in [0.4, 0.5) is 4.79 Å². The molecule has 2 N–H and O–H groups in total. The molecule has 9 heteroatoms. The van der Waals surface area contributed by atoms with Gasteiger partial charge in [-0.15, -0.1) is 0 Å². The largest absolute Gasteiger partial charge is 0.452 e. The lowest BCUT2D eigenvalue weighted by molar-refractivity contribution is -0.155. The molecule has 0 bridgehead atoms. The molecule has 1 fully saturated rings. The van der Waals surface area contributed by atoms with E-state index in [9.17, 15) is 24.0 Å². The summed E-state index contributed by atoms with van der Waals surface area (Å²) in [7, 11) is 0. The Morgan fingerprint density at radius 1 is 1.11 bits per heavy atom. The Balaban J connectivity index is 1.79. The molecule has 2 aliphatic rings. The molecule has 1 saturated heterocycles. The normalized spacial score (nSPS) is 22.4. The Kier molecular flexibility index (Phi) is 6.70. The van der Waals surface area contributed by atoms with Gasteiger partial charge in [-0.2, -0.15) is 0 Å². The molecule has 0 aromatic heterocycles. The van der Waals surface area contributed by atoms with Gasteiger partial charge in [0.25, 0.3) is 5.91 Å². The third-order valence-corrected chi connectivity index (χ3v) is 4.47. The number of hydrogen-bond donors (Lipinski definition) is 2. The molecule has 9 nitrogen and oxygen atoms in total. The fraction of sp³-hybridized carbons (Fsp3) is 0.611. The number of allylic oxidation sites excluding steroid dienone is 2. The van der Waals surface area contributed by atoms with Crippen molar-refractivity contribution in [1.29, 1.82) is 0 Å². The van der Waals surface area contributed by atoms with Gasteiger partial charge in [0.15, 0.2) is 6.10 Å². The number of carbonyl (C=O) groups is 5. The lowest BCUT2D eigenvalue weighted by Crippen LogP contribution is -2.46. The van der Waals surface area contributed by atoms with Crippen molar-refractivity contribution in [3.8, 4) is 0 Å². The Labute approximate surface area is 157 Å². The lowest BCUT2D eigenvalue weighted by atomic mass is 9.85. The van der Waals surface area contributed by atoms with Crippen LogP contribution in [0.25, 0.3) is 0 Å². The summed E-state index contributed by atoms with van der Waals surface area (Å²) in [6, 6.07) is -0.826. The molecule has 27 heavy (non-hydrogen) atoms. The van der Waals surface area contributed by atoms with Crippen LogP contribution in [0.2, 0.25) is 0 Å². The number of nitrogens with zero attached hydrogens (tertiary/aromatic N) is 1. The first-order valence-electron chi connectivity index (χ1n) is 9.01. The fourth-order valence-corrected chi connectivity index (χ4v) is 3.11. The van der Waals surface area contributed by atoms with E-state index in [1.807, 2.05) is 12.2 Å². The standard InChI is InChI=1S/C18H25N3O6/c1-10(2)19-18(26)20-15(23)11(3)27-14(22)8-9-21-16(24)12-6-4-5-7-13(12)17(21)25/h4-5,10-13H,6-9H2,1-3H3,(H2,19,20,23,26)/t11-,12-,13+/m1/s1. The summed E-state index contributed by atoms with van der Waals surface area (Å²) < 4.78 is 4.97. The first-order chi connectivity index (χ1) is 12.7. The zero-order valence-electron chi connectivity index (χ0n) is 15.7. The lowest BCUT2D eigenvalue weighted by Gasteiger charge is -2.16. The van der Waals surface area contributed by atoms with E-state index in [0.29, 0.717) is 12.8 Å². The van der Waals surface area contributed by atoms with Crippen LogP contribution in [-0.4, -0.2) is 53.3 Å². The molecular formula is C18H25N3O6. The zero-order chi connectivity index (χ0) is 20.1. The highest BCUT2D eigenvalue weighted by molar-refractivity contribution is 6.05. The number of amides is 5. The van der Waals surface area contributed by atoms with Gasteiger partial charge in [0.05, 0.1) is 18.3 Å². The number of hydrogen-bond acceptors (Lipinski definition) is 6. The van der Waals surface area contributed by atoms with Crippen molar-refractivity contribution >= 4 is 29.7 Å². The summed E-state index contributed by atoms with van der Waals surface area (Å²) in [5.41, 5.74) is 0. The summed E-state index contributed by atoms with van der Waals surface area (Å²) in [5, 5.41) is 4.55. The summed E-state index contributed by atoms with van der Waals surface area (Å²) in [6.45, 7) is 4.73. The van der Waals surface area contributed by atoms with E-state index in [1.54, 1.807) is 13.8 Å². The van der Waals surface area contributed by atoms with Crippen LogP contribution >= 0.6 is 0 Å². The second kappa shape index (κ2) is 8.79. The molecule has 0 aromatic carbocycles. The maximum Gasteiger partial charge on any atom is 0.321 e. The maximum absolute atomic E-state index is 12.3. The molecule has 0 unspecified atom stereocenters. The van der Waals surface area contributed by atoms with Gasteiger partial charge in [-0.05, 0) is 33.6 Å². The molecule has 1 aliphatic carbocycles. The monoisotopic (exact) mass is 379 g/mol. The zero-order valence-corrected chi connectivity index (χ0v) is 15.7. The third-order valence-electron chi connectivity index (χ3n) is 4.47. The number of rotatable bonds is 6. The van der Waals surface area contributed by atoms with E-state index in [0.717, 1.165) is 4.90 Å². The first kappa shape index (κ1) is 20.6. The van der Waals surface area contributed by atoms with Crippen LogP contribution in [0.15, 0.2) is 12.2 Å². The summed E-state index contributed by atoms with van der Waals surface area (Å²) in [4.78, 5) is 61.0. The van der Waals surface area contributed by atoms with Crippen LogP contribution in [0.5, 0.6) is 0 Å². The minimum Gasteiger partial charge on any atom is -0.452 e. The summed E-state index contributed by atoms with van der Waals surface area (Å²) in [5.74, 6) is -2.70. The minimum atomic E-state index is -1.17. The Morgan fingerprint density at radius 2 is 1.67 bits per heavy atom. The quantitative estimate of drug-likeness (QED) is 0.394. The number of ether oxygens (including phenoxy) is 1. The molecule has 0 spiro atoms. The second-order valence-corrected chi connectivity index (χ2v) is 6.98. The molecule has 3 atom stereocenters. The SMILES string of the molecule is CC(C)NC(=O)NC(=O)[C@@H](C)OC(=O)CCN1C(=O)[C@H]2CC=CC[C@H]2C1=O. The third kappa shape index (κ3) is 5.15. The van der Waals surface area contributed by atoms with E-state index in [-0.39, 0.29) is 42.7 Å². The smallest absolute Gasteiger partial charge is 0.321 e. The Bertz CT molecular complexity index is 646. The number of urea groups is 1. The molecular weight excluding hydrogens is 354 g/mol. The van der Waals surface area contributed by atoms with E-state index in [2.05, 4.69) is 10.6 Å². The van der Waals surface area contributed by atoms with E-state index >= 15 is 0 Å². The predicted octanol–water partition coefficient (Wildman–Crippen LogP) is 0.494. The second-order valence-electron chi connectivity index (χ2n) is 6.98. The number of nitrogens with one attached hydrogen (secondary N) is 2.